The molecule has 4 rings (SSSR count). The number of thiazole rings is 1. The summed E-state index contributed by atoms with van der Waals surface area (Å²) in [5.41, 5.74) is 3.26. The Morgan fingerprint density at radius 2 is 2.17 bits per heavy atom. The van der Waals surface area contributed by atoms with Crippen LogP contribution in [0.3, 0.4) is 0 Å². The van der Waals surface area contributed by atoms with E-state index < -0.39 is 0 Å². The number of aryl methyl sites for hydroxylation is 1. The van der Waals surface area contributed by atoms with Crippen molar-refractivity contribution in [3.05, 3.63) is 53.6 Å². The number of amides is 2. The summed E-state index contributed by atoms with van der Waals surface area (Å²) in [6.07, 6.45) is 2.22. The topological polar surface area (TPSA) is 80.3 Å². The quantitative estimate of drug-likeness (QED) is 0.536. The molecule has 0 bridgehead atoms. The molecule has 2 heterocycles. The third-order valence-corrected chi connectivity index (χ3v) is 6.95. The summed E-state index contributed by atoms with van der Waals surface area (Å²) < 4.78 is 7.32. The van der Waals surface area contributed by atoms with Gasteiger partial charge in [-0.3, -0.25) is 9.59 Å². The molecule has 2 N–H and O–H groups in total. The van der Waals surface area contributed by atoms with Crippen LogP contribution in [0.4, 0.5) is 5.69 Å². The maximum absolute atomic E-state index is 12.5. The Balaban J connectivity index is 1.34. The number of carbonyl (C=O) groups is 2. The number of aromatic nitrogens is 1. The number of nitrogens with one attached hydrogen (secondary N) is 2. The van der Waals surface area contributed by atoms with E-state index in [1.54, 1.807) is 6.07 Å². The number of hydrogen-bond acceptors (Lipinski definition) is 6. The molecule has 1 atom stereocenters. The molecule has 6 nitrogen and oxygen atoms in total. The molecule has 30 heavy (non-hydrogen) atoms. The fourth-order valence-corrected chi connectivity index (χ4v) is 5.18. The number of fused-ring (bicyclic) bond motifs is 1. The second-order valence-corrected chi connectivity index (χ2v) is 9.47. The average molecular weight is 442 g/mol. The fraction of sp³-hybridized carbons (Fsp3) is 0.318. The highest BCUT2D eigenvalue weighted by Gasteiger charge is 2.16. The fourth-order valence-electron chi connectivity index (χ4n) is 3.24. The average Bonchev–Trinajstić information content (AvgIpc) is 3.40. The Kier molecular flexibility index (Phi) is 6.66. The minimum atomic E-state index is -0.139. The van der Waals surface area contributed by atoms with Gasteiger partial charge in [-0.25, -0.2) is 4.98 Å². The van der Waals surface area contributed by atoms with E-state index in [4.69, 9.17) is 4.74 Å². The molecule has 0 unspecified atom stereocenters. The molecule has 2 amide bonds. The van der Waals surface area contributed by atoms with Gasteiger partial charge in [0, 0.05) is 24.4 Å². The minimum Gasteiger partial charge on any atom is -0.376 e. The molecular weight excluding hydrogens is 418 g/mol. The number of carbonyl (C=O) groups excluding carboxylic acids is 2. The number of thioether (sulfide) groups is 1. The Morgan fingerprint density at radius 1 is 1.27 bits per heavy atom. The van der Waals surface area contributed by atoms with Gasteiger partial charge in [-0.15, -0.1) is 11.3 Å². The van der Waals surface area contributed by atoms with E-state index in [1.807, 2.05) is 43.3 Å². The lowest BCUT2D eigenvalue weighted by molar-refractivity contribution is -0.119. The van der Waals surface area contributed by atoms with E-state index >= 15 is 0 Å². The molecule has 8 heteroatoms. The normalized spacial score (nSPS) is 16.0. The Morgan fingerprint density at radius 3 is 2.97 bits per heavy atom. The highest BCUT2D eigenvalue weighted by molar-refractivity contribution is 8.01. The van der Waals surface area contributed by atoms with Crippen LogP contribution in [0, 0.1) is 6.92 Å². The zero-order valence-corrected chi connectivity index (χ0v) is 18.3. The summed E-state index contributed by atoms with van der Waals surface area (Å²) in [7, 11) is 0. The maximum Gasteiger partial charge on any atom is 0.255 e. The number of hydrogen-bond donors (Lipinski definition) is 2. The number of ether oxygens (including phenoxy) is 1. The molecule has 1 aromatic heterocycles. The first-order valence-electron chi connectivity index (χ1n) is 9.86. The summed E-state index contributed by atoms with van der Waals surface area (Å²) in [4.78, 5) is 29.1. The van der Waals surface area contributed by atoms with Gasteiger partial charge in [0.15, 0.2) is 4.34 Å². The van der Waals surface area contributed by atoms with Gasteiger partial charge >= 0.3 is 0 Å². The van der Waals surface area contributed by atoms with Crippen molar-refractivity contribution in [2.75, 3.05) is 24.2 Å². The first-order chi connectivity index (χ1) is 14.6. The van der Waals surface area contributed by atoms with Crippen LogP contribution in [0.2, 0.25) is 0 Å². The second-order valence-electron chi connectivity index (χ2n) is 7.21. The highest BCUT2D eigenvalue weighted by Crippen LogP contribution is 2.31. The molecule has 1 aliphatic rings. The smallest absolute Gasteiger partial charge is 0.255 e. The lowest BCUT2D eigenvalue weighted by atomic mass is 10.1. The van der Waals surface area contributed by atoms with Gasteiger partial charge < -0.3 is 15.4 Å². The second kappa shape index (κ2) is 9.59. The Hall–Kier alpha value is -2.42. The third kappa shape index (κ3) is 5.38. The largest absolute Gasteiger partial charge is 0.376 e. The van der Waals surface area contributed by atoms with Crippen LogP contribution >= 0.6 is 23.1 Å². The predicted octanol–water partition coefficient (Wildman–Crippen LogP) is 4.24. The summed E-state index contributed by atoms with van der Waals surface area (Å²) in [6, 6.07) is 13.1. The molecule has 0 radical (unpaired) electrons. The molecule has 0 aliphatic carbocycles. The molecular formula is C22H23N3O3S2. The number of anilines is 1. The van der Waals surface area contributed by atoms with Crippen LogP contribution in [0.15, 0.2) is 46.8 Å². The number of benzene rings is 2. The molecule has 0 spiro atoms. The molecule has 3 aromatic rings. The van der Waals surface area contributed by atoms with Gasteiger partial charge in [0.1, 0.15) is 0 Å². The van der Waals surface area contributed by atoms with E-state index in [0.29, 0.717) is 17.9 Å². The third-order valence-electron chi connectivity index (χ3n) is 4.78. The zero-order chi connectivity index (χ0) is 20.9. The van der Waals surface area contributed by atoms with Crippen molar-refractivity contribution in [3.8, 4) is 0 Å². The van der Waals surface area contributed by atoms with Gasteiger partial charge in [0.2, 0.25) is 5.91 Å². The summed E-state index contributed by atoms with van der Waals surface area (Å²) in [5.74, 6) is 0.171. The maximum atomic E-state index is 12.5. The number of nitrogens with zero attached hydrogens (tertiary/aromatic N) is 1. The van der Waals surface area contributed by atoms with Crippen molar-refractivity contribution in [3.63, 3.8) is 0 Å². The van der Waals surface area contributed by atoms with E-state index in [-0.39, 0.29) is 17.9 Å². The zero-order valence-electron chi connectivity index (χ0n) is 16.6. The first-order valence-corrected chi connectivity index (χ1v) is 11.7. The van der Waals surface area contributed by atoms with Gasteiger partial charge in [0.25, 0.3) is 5.91 Å². The van der Waals surface area contributed by atoms with Crippen LogP contribution in [0.1, 0.15) is 28.8 Å². The van der Waals surface area contributed by atoms with E-state index in [1.165, 1.54) is 23.1 Å². The van der Waals surface area contributed by atoms with Crippen LogP contribution in [-0.4, -0.2) is 41.8 Å². The first kappa shape index (κ1) is 20.8. The molecule has 2 aromatic carbocycles. The standard InChI is InChI=1S/C22H23N3O3S2/c1-14-4-2-5-15(10-14)21(27)24-16-7-8-18-19(11-16)30-22(25-18)29-13-20(26)23-12-17-6-3-9-28-17/h2,4-5,7-8,10-11,17H,3,6,9,12-13H2,1H3,(H,23,26)(H,24,27)/t17-/m0/s1. The summed E-state index contributed by atoms with van der Waals surface area (Å²) in [5, 5.41) is 5.86. The van der Waals surface area contributed by atoms with Crippen molar-refractivity contribution >= 4 is 50.8 Å². The summed E-state index contributed by atoms with van der Waals surface area (Å²) in [6.45, 7) is 3.32. The van der Waals surface area contributed by atoms with Gasteiger partial charge in [-0.2, -0.15) is 0 Å². The van der Waals surface area contributed by atoms with Crippen LogP contribution in [0.25, 0.3) is 10.2 Å². The Labute approximate surface area is 183 Å². The van der Waals surface area contributed by atoms with Crippen LogP contribution in [0.5, 0.6) is 0 Å². The minimum absolute atomic E-state index is 0.0131. The lowest BCUT2D eigenvalue weighted by Gasteiger charge is -2.09. The van der Waals surface area contributed by atoms with Gasteiger partial charge in [-0.05, 0) is 50.1 Å². The number of rotatable bonds is 7. The van der Waals surface area contributed by atoms with Crippen molar-refractivity contribution in [2.24, 2.45) is 0 Å². The van der Waals surface area contributed by atoms with Gasteiger partial charge in [0.05, 0.1) is 22.1 Å². The Bertz CT molecular complexity index is 1060. The van der Waals surface area contributed by atoms with Gasteiger partial charge in [-0.1, -0.05) is 29.5 Å². The monoisotopic (exact) mass is 441 g/mol. The highest BCUT2D eigenvalue weighted by atomic mass is 32.2. The molecule has 0 saturated carbocycles. The van der Waals surface area contributed by atoms with E-state index in [9.17, 15) is 9.59 Å². The SMILES string of the molecule is Cc1cccc(C(=O)Nc2ccc3nc(SCC(=O)NC[C@@H]4CCCO4)sc3c2)c1. The van der Waals surface area contributed by atoms with E-state index in [2.05, 4.69) is 15.6 Å². The van der Waals surface area contributed by atoms with Crippen molar-refractivity contribution in [1.29, 1.82) is 0 Å². The predicted molar refractivity (Wildman–Crippen MR) is 121 cm³/mol. The molecule has 1 saturated heterocycles. The lowest BCUT2D eigenvalue weighted by Crippen LogP contribution is -2.32. The van der Waals surface area contributed by atoms with Crippen LogP contribution in [-0.2, 0) is 9.53 Å². The van der Waals surface area contributed by atoms with Crippen molar-refractivity contribution < 1.29 is 14.3 Å². The summed E-state index contributed by atoms with van der Waals surface area (Å²) >= 11 is 2.94. The molecule has 1 fully saturated rings. The van der Waals surface area contributed by atoms with E-state index in [0.717, 1.165) is 45.3 Å². The molecule has 156 valence electrons. The van der Waals surface area contributed by atoms with Crippen molar-refractivity contribution in [2.45, 2.75) is 30.2 Å². The molecule has 1 aliphatic heterocycles. The van der Waals surface area contributed by atoms with Crippen molar-refractivity contribution in [1.82, 2.24) is 10.3 Å². The van der Waals surface area contributed by atoms with Crippen LogP contribution < -0.4 is 10.6 Å².